The predicted molar refractivity (Wildman–Crippen MR) is 405 cm³/mol. The lowest BCUT2D eigenvalue weighted by Crippen LogP contribution is -2.12. The number of imidazole rings is 3. The van der Waals surface area contributed by atoms with Crippen LogP contribution in [0.25, 0.3) is 84.9 Å². The van der Waals surface area contributed by atoms with E-state index in [-0.39, 0.29) is 13.2 Å². The summed E-state index contributed by atoms with van der Waals surface area (Å²) >= 11 is 0. The van der Waals surface area contributed by atoms with Gasteiger partial charge in [0.25, 0.3) is 0 Å². The Kier molecular flexibility index (Phi) is 20.6. The molecule has 28 nitrogen and oxygen atoms in total. The fourth-order valence-electron chi connectivity index (χ4n) is 11.1. The van der Waals surface area contributed by atoms with Crippen molar-refractivity contribution in [3.05, 3.63) is 241 Å². The van der Waals surface area contributed by atoms with Crippen LogP contribution in [0.5, 0.6) is 0 Å². The molecule has 3 aromatic carbocycles. The van der Waals surface area contributed by atoms with Gasteiger partial charge in [0.05, 0.1) is 94.3 Å². The molecule has 31 heteroatoms. The highest BCUT2D eigenvalue weighted by molar-refractivity contribution is 8.00. The van der Waals surface area contributed by atoms with E-state index in [0.29, 0.717) is 36.8 Å². The van der Waals surface area contributed by atoms with Gasteiger partial charge in [-0.15, -0.1) is 0 Å². The molecule has 8 N–H and O–H groups in total. The number of H-pyrrole nitrogens is 3. The van der Waals surface area contributed by atoms with Crippen LogP contribution >= 0.6 is 0 Å². The lowest BCUT2D eigenvalue weighted by molar-refractivity contribution is 0.600. The second kappa shape index (κ2) is 30.2. The second-order valence-electron chi connectivity index (χ2n) is 24.1. The van der Waals surface area contributed by atoms with Crippen molar-refractivity contribution in [2.45, 2.75) is 53.6 Å². The number of sulfonamides is 1. The third-order valence-electron chi connectivity index (χ3n) is 15.5. The van der Waals surface area contributed by atoms with Crippen LogP contribution < -0.4 is 25.4 Å². The molecular formula is C72H73N23O5S3. The minimum absolute atomic E-state index is 0. The highest BCUT2D eigenvalue weighted by Gasteiger charge is 2.21. The first kappa shape index (κ1) is 70.4. The molecule has 0 saturated heterocycles. The summed E-state index contributed by atoms with van der Waals surface area (Å²) in [6, 6.07) is 51.2. The van der Waals surface area contributed by atoms with E-state index in [1.165, 1.54) is 25.2 Å². The molecule has 0 fully saturated rings. The number of para-hydroxylation sites is 2. The Morgan fingerprint density at radius 3 is 1.22 bits per heavy atom. The van der Waals surface area contributed by atoms with Crippen molar-refractivity contribution in [3.63, 3.8) is 0 Å². The third-order valence-corrected chi connectivity index (χ3v) is 17.6. The molecule has 15 rings (SSSR count). The summed E-state index contributed by atoms with van der Waals surface area (Å²) in [7, 11) is -8.83. The summed E-state index contributed by atoms with van der Waals surface area (Å²) < 4.78 is 69.0. The zero-order valence-electron chi connectivity index (χ0n) is 56.1. The van der Waals surface area contributed by atoms with Crippen molar-refractivity contribution in [1.29, 1.82) is 0 Å². The zero-order valence-corrected chi connectivity index (χ0v) is 58.5. The van der Waals surface area contributed by atoms with E-state index in [4.69, 9.17) is 19.9 Å². The molecule has 524 valence electrons. The number of hydrogen-bond acceptors (Lipinski definition) is 20. The van der Waals surface area contributed by atoms with Crippen molar-refractivity contribution in [2.75, 3.05) is 44.2 Å². The van der Waals surface area contributed by atoms with Crippen molar-refractivity contribution in [3.8, 4) is 67.9 Å². The number of aromatic amines is 3. The number of aryl methyl sites for hydroxylation is 3. The maximum atomic E-state index is 12.0. The van der Waals surface area contributed by atoms with E-state index in [1.807, 2.05) is 185 Å². The molecule has 12 heterocycles. The number of fused-ring (bicyclic) bond motifs is 3. The minimum atomic E-state index is -3.41. The van der Waals surface area contributed by atoms with Gasteiger partial charge in [0, 0.05) is 91.6 Å². The molecule has 0 radical (unpaired) electrons. The fraction of sp³-hybridized carbons (Fsp3) is 0.153. The molecule has 103 heavy (non-hydrogen) atoms. The fourth-order valence-corrected chi connectivity index (χ4v) is 13.1. The van der Waals surface area contributed by atoms with Crippen LogP contribution in [0.2, 0.25) is 0 Å². The molecule has 0 spiro atoms. The van der Waals surface area contributed by atoms with Crippen LogP contribution in [0.3, 0.4) is 0 Å². The first-order valence-corrected chi connectivity index (χ1v) is 37.9. The van der Waals surface area contributed by atoms with Crippen LogP contribution in [0.1, 0.15) is 47.5 Å². The van der Waals surface area contributed by atoms with Crippen LogP contribution in [0.15, 0.2) is 201 Å². The largest absolute Gasteiger partial charge is 0.378 e. The number of anilines is 5. The van der Waals surface area contributed by atoms with Gasteiger partial charge in [-0.05, 0) is 147 Å². The second-order valence-corrected chi connectivity index (χ2v) is 30.2. The average molecular weight is 1440 g/mol. The molecule has 0 aliphatic heterocycles. The summed E-state index contributed by atoms with van der Waals surface area (Å²) in [5.74, 6) is 5.83. The number of nitrogens with one attached hydrogen (secondary N) is 8. The van der Waals surface area contributed by atoms with Crippen LogP contribution in [-0.4, -0.2) is 134 Å². The number of hydrogen-bond donors (Lipinski definition) is 8. The molecule has 1 atom stereocenters. The van der Waals surface area contributed by atoms with Gasteiger partial charge < -0.3 is 35.6 Å². The molecule has 0 amide bonds. The Bertz CT molecular complexity index is 5880. The Hall–Kier alpha value is -12.5. The predicted octanol–water partition coefficient (Wildman–Crippen LogP) is 11.5. The summed E-state index contributed by atoms with van der Waals surface area (Å²) in [5, 5.41) is 22.7. The smallest absolute Gasteiger partial charge is 0.229 e. The van der Waals surface area contributed by atoms with Crippen molar-refractivity contribution >= 4 is 80.8 Å². The molecule has 0 aliphatic carbocycles. The maximum absolute atomic E-state index is 12.0. The first-order chi connectivity index (χ1) is 49.0. The number of sulfone groups is 1. The van der Waals surface area contributed by atoms with E-state index < -0.39 is 29.6 Å². The lowest BCUT2D eigenvalue weighted by Gasteiger charge is -2.11. The minimum Gasteiger partial charge on any atom is -0.378 e. The topological polar surface area (TPSA) is 361 Å². The van der Waals surface area contributed by atoms with E-state index >= 15 is 0 Å². The monoisotopic (exact) mass is 1440 g/mol. The van der Waals surface area contributed by atoms with E-state index in [1.54, 1.807) is 38.0 Å². The van der Waals surface area contributed by atoms with Crippen LogP contribution in [0.4, 0.5) is 28.4 Å². The number of rotatable bonds is 21. The van der Waals surface area contributed by atoms with Gasteiger partial charge >= 0.3 is 0 Å². The summed E-state index contributed by atoms with van der Waals surface area (Å²) in [4.78, 5) is 51.5. The number of aromatic nitrogens is 18. The van der Waals surface area contributed by atoms with E-state index in [9.17, 15) is 21.0 Å². The van der Waals surface area contributed by atoms with Crippen molar-refractivity contribution < 1.29 is 21.0 Å². The standard InChI is InChI=1S/C24H24N8OS.C24H23N7O2S.C23H22N8O2S.CH4/c1-16-6-4-9-20(28-16)24-23(17-10-11-22-26-15-27-32(22)14-17)29-21(30-24)13-25-18-7-5-8-19(12-18)31-34(2,3)33;1-16-4-3-5-20(28-16)24-23(18-8-11-22-26-15-27-31(22)13-18)29-21(30-24)12-25-19-9-6-17(7-10-19)14-34(2,32)33;1-15-6-5-9-19(27-15)23-22(16-10-11-21-25-14-26-31(21)13-16)28-20(29-23)12-24-17-7-3-4-8-18(17)30-34(2,32)33;/h4-12,14-15,25H,2,13H2,1,3H3,(H,29,30)(H,31,33);3-11,13,15,25H,12,14H2,1-2H3,(H,29,30);3-11,13-14,24,30H,12H2,1-2H3,(H,28,29);1H4. The number of nitrogens with zero attached hydrogens (tertiary/aromatic N) is 15. The summed E-state index contributed by atoms with van der Waals surface area (Å²) in [5.41, 5.74) is 19.1. The van der Waals surface area contributed by atoms with Crippen LogP contribution in [0, 0.1) is 20.8 Å². The van der Waals surface area contributed by atoms with Gasteiger partial charge in [-0.2, -0.15) is 15.3 Å². The lowest BCUT2D eigenvalue weighted by atomic mass is 10.1. The Labute approximate surface area is 594 Å². The average Bonchev–Trinajstić information content (AvgIpc) is 1.66. The zero-order chi connectivity index (χ0) is 71.1. The highest BCUT2D eigenvalue weighted by atomic mass is 32.2. The van der Waals surface area contributed by atoms with Crippen molar-refractivity contribution in [1.82, 2.24) is 88.6 Å². The number of pyridine rings is 6. The Morgan fingerprint density at radius 2 is 0.816 bits per heavy atom. The molecule has 0 saturated carbocycles. The normalized spacial score (nSPS) is 12.0. The highest BCUT2D eigenvalue weighted by Crippen LogP contribution is 2.34. The Balaban J connectivity index is 0.000000145. The maximum Gasteiger partial charge on any atom is 0.229 e. The summed E-state index contributed by atoms with van der Waals surface area (Å²) in [6.07, 6.45) is 14.1. The SMILES string of the molecule is C.C=S(C)(=O)Nc1cccc(NCc2nc(-c3ccc4ncnn4c3)c(-c3cccc(C)n3)[nH]2)c1.Cc1cccc(-c2[nH]c(CNc3ccc(CS(C)(=O)=O)cc3)nc2-c2ccc3ncnn3c2)n1.Cc1cccc(-c2[nH]c(CNc3ccccc3NS(C)(=O)=O)nc2-c2ccc3ncnn3c2)n1. The molecule has 15 aromatic rings. The van der Waals surface area contributed by atoms with Gasteiger partial charge in [-0.25, -0.2) is 64.5 Å². The molecule has 12 aromatic heterocycles. The van der Waals surface area contributed by atoms with Gasteiger partial charge in [0.15, 0.2) is 26.8 Å². The third kappa shape index (κ3) is 17.9. The van der Waals surface area contributed by atoms with Crippen LogP contribution in [-0.2, 0) is 55.0 Å². The molecular weight excluding hydrogens is 1360 g/mol. The molecule has 1 unspecified atom stereocenters. The molecule has 0 bridgehead atoms. The Morgan fingerprint density at radius 1 is 0.417 bits per heavy atom. The van der Waals surface area contributed by atoms with Gasteiger partial charge in [0.2, 0.25) is 10.0 Å². The van der Waals surface area contributed by atoms with Gasteiger partial charge in [0.1, 0.15) is 36.5 Å². The van der Waals surface area contributed by atoms with Gasteiger partial charge in [-0.3, -0.25) is 19.7 Å². The molecule has 0 aliphatic rings. The van der Waals surface area contributed by atoms with E-state index in [0.717, 1.165) is 142 Å². The quantitative estimate of drug-likeness (QED) is 0.0310. The van der Waals surface area contributed by atoms with Crippen molar-refractivity contribution in [2.24, 2.45) is 0 Å². The van der Waals surface area contributed by atoms with Gasteiger partial charge in [-0.1, -0.05) is 56.0 Å². The summed E-state index contributed by atoms with van der Waals surface area (Å²) in [6.45, 7) is 7.11. The number of benzene rings is 3. The van der Waals surface area contributed by atoms with E-state index in [2.05, 4.69) is 86.4 Å². The first-order valence-electron chi connectivity index (χ1n) is 31.8.